The van der Waals surface area contributed by atoms with Gasteiger partial charge in [-0.2, -0.15) is 13.2 Å². The van der Waals surface area contributed by atoms with Gasteiger partial charge in [-0.15, -0.1) is 0 Å². The number of anilines is 1. The Morgan fingerprint density at radius 3 is 2.62 bits per heavy atom. The van der Waals surface area contributed by atoms with Gasteiger partial charge < -0.3 is 10.6 Å². The number of halogens is 4. The van der Waals surface area contributed by atoms with Crippen molar-refractivity contribution in [3.63, 3.8) is 0 Å². The van der Waals surface area contributed by atoms with Gasteiger partial charge in [0.05, 0.1) is 10.2 Å². The van der Waals surface area contributed by atoms with Crippen molar-refractivity contribution in [2.45, 2.75) is 6.18 Å². The van der Waals surface area contributed by atoms with E-state index in [4.69, 9.17) is 5.73 Å². The highest BCUT2D eigenvalue weighted by Gasteiger charge is 2.31. The molecule has 0 bridgehead atoms. The molecule has 90 valence electrons. The molecule has 1 aromatic heterocycles. The van der Waals surface area contributed by atoms with Crippen LogP contribution in [0.15, 0.2) is 22.9 Å². The number of hydrogen-bond donors (Lipinski definition) is 1. The summed E-state index contributed by atoms with van der Waals surface area (Å²) in [5.74, 6) is 0. The Balaban J connectivity index is 2.89. The number of hydrogen-bond acceptors (Lipinski definition) is 3. The molecule has 0 unspecified atom stereocenters. The molecule has 7 heteroatoms. The maximum Gasteiger partial charge on any atom is 0.405 e. The van der Waals surface area contributed by atoms with E-state index in [-0.39, 0.29) is 13.1 Å². The molecule has 0 saturated heterocycles. The summed E-state index contributed by atoms with van der Waals surface area (Å²) < 4.78 is 37.5. The smallest absolute Gasteiger partial charge is 0.360 e. The normalized spacial score (nSPS) is 11.6. The third-order valence-corrected chi connectivity index (χ3v) is 2.47. The van der Waals surface area contributed by atoms with E-state index in [0.717, 1.165) is 0 Å². The van der Waals surface area contributed by atoms with E-state index >= 15 is 0 Å². The lowest BCUT2D eigenvalue weighted by molar-refractivity contribution is -0.119. The van der Waals surface area contributed by atoms with Gasteiger partial charge in [0.15, 0.2) is 0 Å². The van der Waals surface area contributed by atoms with Crippen molar-refractivity contribution in [2.24, 2.45) is 5.73 Å². The third kappa shape index (κ3) is 3.97. The molecule has 1 rings (SSSR count). The van der Waals surface area contributed by atoms with Crippen molar-refractivity contribution in [1.29, 1.82) is 0 Å². The summed E-state index contributed by atoms with van der Waals surface area (Å²) >= 11 is 3.16. The molecule has 0 aliphatic carbocycles. The molecule has 0 aliphatic heterocycles. The summed E-state index contributed by atoms with van der Waals surface area (Å²) in [6.07, 6.45) is -1.35. The predicted octanol–water partition coefficient (Wildman–Crippen LogP) is 2.17. The Morgan fingerprint density at radius 1 is 1.44 bits per heavy atom. The zero-order chi connectivity index (χ0) is 12.2. The fourth-order valence-electron chi connectivity index (χ4n) is 1.28. The van der Waals surface area contributed by atoms with Gasteiger partial charge in [-0.05, 0) is 22.0 Å². The summed E-state index contributed by atoms with van der Waals surface area (Å²) in [5.41, 5.74) is 5.74. The number of alkyl halides is 3. The molecule has 16 heavy (non-hydrogen) atoms. The Hall–Kier alpha value is -0.820. The van der Waals surface area contributed by atoms with Crippen LogP contribution in [0, 0.1) is 0 Å². The average Bonchev–Trinajstić information content (AvgIpc) is 2.16. The number of aromatic nitrogens is 1. The predicted molar refractivity (Wildman–Crippen MR) is 59.3 cm³/mol. The van der Waals surface area contributed by atoms with E-state index in [1.807, 2.05) is 0 Å². The van der Waals surface area contributed by atoms with Crippen LogP contribution in [0.2, 0.25) is 0 Å². The number of pyridine rings is 1. The van der Waals surface area contributed by atoms with Crippen LogP contribution in [0.4, 0.5) is 18.9 Å². The van der Waals surface area contributed by atoms with Crippen molar-refractivity contribution < 1.29 is 13.2 Å². The highest BCUT2D eigenvalue weighted by molar-refractivity contribution is 9.10. The van der Waals surface area contributed by atoms with Crippen molar-refractivity contribution in [2.75, 3.05) is 24.5 Å². The van der Waals surface area contributed by atoms with E-state index in [2.05, 4.69) is 20.9 Å². The van der Waals surface area contributed by atoms with Gasteiger partial charge in [0.2, 0.25) is 0 Å². The number of rotatable bonds is 4. The maximum absolute atomic E-state index is 12.3. The van der Waals surface area contributed by atoms with Gasteiger partial charge in [-0.3, -0.25) is 4.98 Å². The number of nitrogens with two attached hydrogens (primary N) is 1. The molecular weight excluding hydrogens is 287 g/mol. The molecule has 0 saturated carbocycles. The molecule has 0 aromatic carbocycles. The lowest BCUT2D eigenvalue weighted by atomic mass is 10.3. The zero-order valence-electron chi connectivity index (χ0n) is 8.34. The summed E-state index contributed by atoms with van der Waals surface area (Å²) in [4.78, 5) is 4.97. The van der Waals surface area contributed by atoms with Gasteiger partial charge in [-0.1, -0.05) is 0 Å². The molecule has 1 heterocycles. The van der Waals surface area contributed by atoms with Crippen LogP contribution >= 0.6 is 15.9 Å². The first-order valence-corrected chi connectivity index (χ1v) is 5.34. The molecule has 0 amide bonds. The van der Waals surface area contributed by atoms with Crippen molar-refractivity contribution in [1.82, 2.24) is 4.98 Å². The number of nitrogens with zero attached hydrogens (tertiary/aromatic N) is 2. The fraction of sp³-hybridized carbons (Fsp3) is 0.444. The topological polar surface area (TPSA) is 42.1 Å². The van der Waals surface area contributed by atoms with Gasteiger partial charge in [-0.25, -0.2) is 0 Å². The van der Waals surface area contributed by atoms with E-state index in [1.54, 1.807) is 0 Å². The van der Waals surface area contributed by atoms with Gasteiger partial charge >= 0.3 is 6.18 Å². The minimum absolute atomic E-state index is 0.141. The first kappa shape index (κ1) is 13.2. The van der Waals surface area contributed by atoms with E-state index < -0.39 is 12.7 Å². The van der Waals surface area contributed by atoms with Crippen molar-refractivity contribution in [3.05, 3.63) is 22.9 Å². The monoisotopic (exact) mass is 297 g/mol. The minimum Gasteiger partial charge on any atom is -0.360 e. The van der Waals surface area contributed by atoms with Crippen molar-refractivity contribution >= 4 is 21.6 Å². The van der Waals surface area contributed by atoms with Gasteiger partial charge in [0.1, 0.15) is 6.54 Å². The Bertz CT molecular complexity index is 343. The first-order chi connectivity index (χ1) is 7.44. The van der Waals surface area contributed by atoms with Gasteiger partial charge in [0, 0.05) is 25.5 Å². The molecule has 2 N–H and O–H groups in total. The quantitative estimate of drug-likeness (QED) is 0.926. The second-order valence-corrected chi connectivity index (χ2v) is 4.01. The van der Waals surface area contributed by atoms with E-state index in [9.17, 15) is 13.2 Å². The lowest BCUT2D eigenvalue weighted by Gasteiger charge is -2.26. The molecule has 0 fully saturated rings. The maximum atomic E-state index is 12.3. The van der Waals surface area contributed by atoms with E-state index in [1.165, 1.54) is 23.4 Å². The first-order valence-electron chi connectivity index (χ1n) is 4.55. The molecule has 3 nitrogen and oxygen atoms in total. The zero-order valence-corrected chi connectivity index (χ0v) is 9.92. The Kier molecular flexibility index (Phi) is 4.55. The molecule has 0 atom stereocenters. The largest absolute Gasteiger partial charge is 0.405 e. The van der Waals surface area contributed by atoms with Gasteiger partial charge in [0.25, 0.3) is 0 Å². The molecule has 0 spiro atoms. The van der Waals surface area contributed by atoms with Crippen LogP contribution in [-0.4, -0.2) is 30.8 Å². The third-order valence-electron chi connectivity index (χ3n) is 1.86. The summed E-state index contributed by atoms with van der Waals surface area (Å²) in [5, 5.41) is 0. The second-order valence-electron chi connectivity index (χ2n) is 3.15. The van der Waals surface area contributed by atoms with Crippen molar-refractivity contribution in [3.8, 4) is 0 Å². The molecule has 0 radical (unpaired) electrons. The minimum atomic E-state index is -4.25. The Labute approximate surface area is 99.6 Å². The van der Waals surface area contributed by atoms with Crippen LogP contribution in [0.25, 0.3) is 0 Å². The van der Waals surface area contributed by atoms with E-state index in [0.29, 0.717) is 10.2 Å². The highest BCUT2D eigenvalue weighted by atomic mass is 79.9. The molecule has 1 aromatic rings. The molecule has 0 aliphatic rings. The fourth-order valence-corrected chi connectivity index (χ4v) is 1.78. The SMILES string of the molecule is NCCN(CC(F)(F)F)c1ccncc1Br. The van der Waals surface area contributed by atoms with Crippen LogP contribution in [0.1, 0.15) is 0 Å². The summed E-state index contributed by atoms with van der Waals surface area (Å²) in [6, 6.07) is 1.52. The highest BCUT2D eigenvalue weighted by Crippen LogP contribution is 2.27. The van der Waals surface area contributed by atoms with Crippen LogP contribution in [-0.2, 0) is 0 Å². The Morgan fingerprint density at radius 2 is 2.12 bits per heavy atom. The lowest BCUT2D eigenvalue weighted by Crippen LogP contribution is -2.37. The second kappa shape index (κ2) is 5.49. The standard InChI is InChI=1S/C9H11BrF3N3/c10-7-5-15-3-1-8(7)16(4-2-14)6-9(11,12)13/h1,3,5H,2,4,6,14H2. The molecular formula is C9H11BrF3N3. The summed E-state index contributed by atoms with van der Waals surface area (Å²) in [6.45, 7) is -0.722. The van der Waals surface area contributed by atoms with Crippen LogP contribution in [0.5, 0.6) is 0 Å². The van der Waals surface area contributed by atoms with Crippen LogP contribution < -0.4 is 10.6 Å². The van der Waals surface area contributed by atoms with Crippen LogP contribution in [0.3, 0.4) is 0 Å². The summed E-state index contributed by atoms with van der Waals surface area (Å²) in [7, 11) is 0. The average molecular weight is 298 g/mol.